The van der Waals surface area contributed by atoms with Crippen molar-refractivity contribution in [1.82, 2.24) is 0 Å². The van der Waals surface area contributed by atoms with Crippen molar-refractivity contribution in [2.24, 2.45) is 17.3 Å². The molecule has 1 N–H and O–H groups in total. The normalized spacial score (nSPS) is 37.4. The van der Waals surface area contributed by atoms with Crippen LogP contribution in [0.15, 0.2) is 23.8 Å². The number of carbonyl (C=O) groups is 1. The van der Waals surface area contributed by atoms with Gasteiger partial charge in [0.15, 0.2) is 5.78 Å². The molecule has 0 aromatic rings. The summed E-state index contributed by atoms with van der Waals surface area (Å²) in [6.45, 7) is 8.37. The van der Waals surface area contributed by atoms with Gasteiger partial charge in [-0.05, 0) is 55.1 Å². The predicted molar refractivity (Wildman–Crippen MR) is 68.5 cm³/mol. The van der Waals surface area contributed by atoms with Gasteiger partial charge in [0.2, 0.25) is 0 Å². The predicted octanol–water partition coefficient (Wildman–Crippen LogP) is 2.88. The maximum absolute atomic E-state index is 11.7. The molecule has 1 fully saturated rings. The molecule has 2 aliphatic carbocycles. The van der Waals surface area contributed by atoms with Crippen molar-refractivity contribution in [3.63, 3.8) is 0 Å². The van der Waals surface area contributed by atoms with Crippen LogP contribution in [0.2, 0.25) is 0 Å². The van der Waals surface area contributed by atoms with E-state index in [2.05, 4.69) is 20.4 Å². The van der Waals surface area contributed by atoms with E-state index in [0.717, 1.165) is 24.8 Å². The van der Waals surface area contributed by atoms with E-state index in [0.29, 0.717) is 18.3 Å². The van der Waals surface area contributed by atoms with Gasteiger partial charge in [-0.25, -0.2) is 0 Å². The molecule has 2 rings (SSSR count). The largest absolute Gasteiger partial charge is 0.392 e. The monoisotopic (exact) mass is 234 g/mol. The maximum Gasteiger partial charge on any atom is 0.156 e. The van der Waals surface area contributed by atoms with Crippen LogP contribution in [0.1, 0.15) is 39.5 Å². The van der Waals surface area contributed by atoms with Gasteiger partial charge in [-0.3, -0.25) is 4.79 Å². The van der Waals surface area contributed by atoms with E-state index < -0.39 is 0 Å². The minimum absolute atomic E-state index is 0.0930. The fourth-order valence-electron chi connectivity index (χ4n) is 3.62. The first kappa shape index (κ1) is 12.6. The van der Waals surface area contributed by atoms with Crippen molar-refractivity contribution in [3.05, 3.63) is 23.8 Å². The lowest BCUT2D eigenvalue weighted by atomic mass is 9.57. The Morgan fingerprint density at radius 1 is 1.65 bits per heavy atom. The average Bonchev–Trinajstić information content (AvgIpc) is 2.26. The number of hydrogen-bond acceptors (Lipinski definition) is 2. The first-order chi connectivity index (χ1) is 7.96. The van der Waals surface area contributed by atoms with Crippen molar-refractivity contribution in [3.8, 4) is 0 Å². The van der Waals surface area contributed by atoms with Crippen LogP contribution in [-0.4, -0.2) is 17.5 Å². The molecule has 2 aliphatic rings. The van der Waals surface area contributed by atoms with E-state index in [9.17, 15) is 9.90 Å². The highest BCUT2D eigenvalue weighted by Crippen LogP contribution is 2.52. The number of aliphatic hydroxyl groups excluding tert-OH is 1. The van der Waals surface area contributed by atoms with Gasteiger partial charge in [0, 0.05) is 6.42 Å². The average molecular weight is 234 g/mol. The Balaban J connectivity index is 2.21. The van der Waals surface area contributed by atoms with E-state index in [-0.39, 0.29) is 17.8 Å². The second-order valence-electron chi connectivity index (χ2n) is 6.03. The summed E-state index contributed by atoms with van der Waals surface area (Å²) < 4.78 is 0. The molecule has 3 unspecified atom stereocenters. The van der Waals surface area contributed by atoms with Crippen LogP contribution in [0.5, 0.6) is 0 Å². The molecular weight excluding hydrogens is 212 g/mol. The second kappa shape index (κ2) is 4.41. The molecule has 0 aliphatic heterocycles. The van der Waals surface area contributed by atoms with Gasteiger partial charge >= 0.3 is 0 Å². The topological polar surface area (TPSA) is 37.3 Å². The fourth-order valence-corrected chi connectivity index (χ4v) is 3.62. The molecule has 0 aromatic carbocycles. The van der Waals surface area contributed by atoms with Gasteiger partial charge in [0.05, 0.1) is 6.61 Å². The zero-order valence-electron chi connectivity index (χ0n) is 10.8. The highest BCUT2D eigenvalue weighted by Gasteiger charge is 2.44. The lowest BCUT2D eigenvalue weighted by molar-refractivity contribution is -0.119. The lowest BCUT2D eigenvalue weighted by Crippen LogP contribution is -2.39. The summed E-state index contributed by atoms with van der Waals surface area (Å²) in [5, 5.41) is 9.19. The Morgan fingerprint density at radius 3 is 3.00 bits per heavy atom. The summed E-state index contributed by atoms with van der Waals surface area (Å²) in [4.78, 5) is 11.7. The molecule has 1 saturated carbocycles. The van der Waals surface area contributed by atoms with Crippen molar-refractivity contribution in [2.75, 3.05) is 6.61 Å². The minimum Gasteiger partial charge on any atom is -0.392 e. The van der Waals surface area contributed by atoms with Crippen molar-refractivity contribution < 1.29 is 9.90 Å². The number of fused-ring (bicyclic) bond motifs is 1. The Hall–Kier alpha value is -0.890. The molecule has 0 saturated heterocycles. The molecule has 0 bridgehead atoms. The smallest absolute Gasteiger partial charge is 0.156 e. The zero-order chi connectivity index (χ0) is 12.6. The van der Waals surface area contributed by atoms with Crippen LogP contribution >= 0.6 is 0 Å². The number of allylic oxidation sites excluding steroid dienone is 2. The molecule has 2 nitrogen and oxygen atoms in total. The van der Waals surface area contributed by atoms with Gasteiger partial charge in [-0.15, -0.1) is 0 Å². The van der Waals surface area contributed by atoms with E-state index in [1.54, 1.807) is 0 Å². The molecule has 0 amide bonds. The third kappa shape index (κ3) is 2.23. The Bertz CT molecular complexity index is 380. The van der Waals surface area contributed by atoms with E-state index >= 15 is 0 Å². The first-order valence-corrected chi connectivity index (χ1v) is 6.46. The molecule has 0 spiro atoms. The fraction of sp³-hybridized carbons (Fsp3) is 0.667. The van der Waals surface area contributed by atoms with Crippen molar-refractivity contribution >= 4 is 5.78 Å². The number of rotatable bonds is 2. The standard InChI is InChI=1S/C15H22O2/c1-10-6-13(17)8-15(3)5-4-12(7-14(10)15)11(2)9-16/h6,12,14,16H,2,4-5,7-9H2,1,3H3. The highest BCUT2D eigenvalue weighted by atomic mass is 16.3. The van der Waals surface area contributed by atoms with Crippen LogP contribution in [0.25, 0.3) is 0 Å². The number of ketones is 1. The van der Waals surface area contributed by atoms with Crippen molar-refractivity contribution in [1.29, 1.82) is 0 Å². The van der Waals surface area contributed by atoms with Gasteiger partial charge in [0.1, 0.15) is 0 Å². The molecule has 2 heteroatoms. The van der Waals surface area contributed by atoms with Gasteiger partial charge < -0.3 is 5.11 Å². The van der Waals surface area contributed by atoms with Crippen LogP contribution < -0.4 is 0 Å². The number of aliphatic hydroxyl groups is 1. The van der Waals surface area contributed by atoms with E-state index in [1.165, 1.54) is 5.57 Å². The van der Waals surface area contributed by atoms with Crippen LogP contribution in [0.4, 0.5) is 0 Å². The quantitative estimate of drug-likeness (QED) is 0.746. The Labute approximate surface area is 103 Å². The van der Waals surface area contributed by atoms with E-state index in [4.69, 9.17) is 0 Å². The zero-order valence-corrected chi connectivity index (χ0v) is 10.8. The third-order valence-corrected chi connectivity index (χ3v) is 4.72. The van der Waals surface area contributed by atoms with Crippen LogP contribution in [-0.2, 0) is 4.79 Å². The third-order valence-electron chi connectivity index (χ3n) is 4.72. The van der Waals surface area contributed by atoms with Gasteiger partial charge in [-0.2, -0.15) is 0 Å². The van der Waals surface area contributed by atoms with Crippen LogP contribution in [0.3, 0.4) is 0 Å². The summed E-state index contributed by atoms with van der Waals surface area (Å²) >= 11 is 0. The second-order valence-corrected chi connectivity index (χ2v) is 6.03. The van der Waals surface area contributed by atoms with Gasteiger partial charge in [0.25, 0.3) is 0 Å². The first-order valence-electron chi connectivity index (χ1n) is 6.46. The van der Waals surface area contributed by atoms with Gasteiger partial charge in [-0.1, -0.05) is 19.1 Å². The summed E-state index contributed by atoms with van der Waals surface area (Å²) in [5.74, 6) is 1.19. The number of hydrogen-bond donors (Lipinski definition) is 1. The molecule has 0 aromatic heterocycles. The molecular formula is C15H22O2. The molecule has 0 heterocycles. The summed E-state index contributed by atoms with van der Waals surface area (Å²) in [6.07, 6.45) is 5.68. The maximum atomic E-state index is 11.7. The summed E-state index contributed by atoms with van der Waals surface area (Å²) in [5.41, 5.74) is 2.32. The molecule has 94 valence electrons. The van der Waals surface area contributed by atoms with Crippen LogP contribution in [0, 0.1) is 17.3 Å². The number of carbonyl (C=O) groups excluding carboxylic acids is 1. The minimum atomic E-state index is 0.0930. The molecule has 17 heavy (non-hydrogen) atoms. The van der Waals surface area contributed by atoms with E-state index in [1.807, 2.05) is 6.08 Å². The summed E-state index contributed by atoms with van der Waals surface area (Å²) in [7, 11) is 0. The lowest BCUT2D eigenvalue weighted by Gasteiger charge is -2.47. The SMILES string of the molecule is C=C(CO)C1CCC2(C)CC(=O)C=C(C)C2C1. The Morgan fingerprint density at radius 2 is 2.35 bits per heavy atom. The molecule has 3 atom stereocenters. The summed E-state index contributed by atoms with van der Waals surface area (Å²) in [6, 6.07) is 0. The molecule has 0 radical (unpaired) electrons. The highest BCUT2D eigenvalue weighted by molar-refractivity contribution is 5.92. The Kier molecular flexibility index (Phi) is 3.26. The van der Waals surface area contributed by atoms with Crippen molar-refractivity contribution in [2.45, 2.75) is 39.5 Å².